The third-order valence-corrected chi connectivity index (χ3v) is 2.92. The van der Waals surface area contributed by atoms with Crippen LogP contribution in [-0.4, -0.2) is 27.3 Å². The molecule has 0 fully saturated rings. The number of hydrogen-bond acceptors (Lipinski definition) is 5. The molecule has 0 spiro atoms. The van der Waals surface area contributed by atoms with E-state index in [9.17, 15) is 4.79 Å². The van der Waals surface area contributed by atoms with E-state index in [1.54, 1.807) is 11.6 Å². The van der Waals surface area contributed by atoms with Crippen LogP contribution in [0.1, 0.15) is 43.9 Å². The fourth-order valence-electron chi connectivity index (χ4n) is 1.83. The van der Waals surface area contributed by atoms with Crippen LogP contribution in [0, 0.1) is 0 Å². The summed E-state index contributed by atoms with van der Waals surface area (Å²) >= 11 is 0. The molecule has 0 atom stereocenters. The molecule has 0 N–H and O–H groups in total. The highest BCUT2D eigenvalue weighted by molar-refractivity contribution is 5.92. The summed E-state index contributed by atoms with van der Waals surface area (Å²) in [6, 6.07) is 1.92. The molecule has 0 aliphatic heterocycles. The first-order chi connectivity index (χ1) is 9.34. The second-order valence-electron chi connectivity index (χ2n) is 5.54. The van der Waals surface area contributed by atoms with Crippen molar-refractivity contribution < 1.29 is 13.9 Å². The van der Waals surface area contributed by atoms with Crippen molar-refractivity contribution in [1.82, 2.24) is 14.8 Å². The molecule has 0 saturated heterocycles. The Morgan fingerprint density at radius 3 is 2.70 bits per heavy atom. The molecule has 6 heteroatoms. The number of ether oxygens (including phenoxy) is 1. The maximum atomic E-state index is 11.8. The van der Waals surface area contributed by atoms with E-state index < -0.39 is 5.97 Å². The number of aryl methyl sites for hydroxylation is 1. The summed E-state index contributed by atoms with van der Waals surface area (Å²) in [7, 11) is 1.81. The Balaban J connectivity index is 2.45. The molecule has 0 amide bonds. The van der Waals surface area contributed by atoms with E-state index in [0.29, 0.717) is 5.69 Å². The Hall–Kier alpha value is -2.11. The monoisotopic (exact) mass is 277 g/mol. The predicted octanol–water partition coefficient (Wildman–Crippen LogP) is 2.55. The van der Waals surface area contributed by atoms with Gasteiger partial charge in [-0.2, -0.15) is 5.10 Å². The minimum absolute atomic E-state index is 0.0795. The van der Waals surface area contributed by atoms with Crippen LogP contribution in [0.25, 0.3) is 11.4 Å². The van der Waals surface area contributed by atoms with Gasteiger partial charge in [-0.25, -0.2) is 9.78 Å². The first kappa shape index (κ1) is 14.3. The number of carbonyl (C=O) groups excluding carboxylic acids is 1. The standard InChI is InChI=1S/C14H19N3O3/c1-6-19-13(18)12-11(15-8-20-12)9-7-10(14(2,3)4)16-17(9)5/h7-8H,6H2,1-5H3. The summed E-state index contributed by atoms with van der Waals surface area (Å²) in [6.45, 7) is 8.27. The molecular formula is C14H19N3O3. The van der Waals surface area contributed by atoms with Crippen molar-refractivity contribution >= 4 is 5.97 Å². The lowest BCUT2D eigenvalue weighted by Gasteiger charge is -2.13. The summed E-state index contributed by atoms with van der Waals surface area (Å²) < 4.78 is 11.8. The first-order valence-electron chi connectivity index (χ1n) is 6.50. The molecule has 20 heavy (non-hydrogen) atoms. The van der Waals surface area contributed by atoms with Gasteiger partial charge in [0.05, 0.1) is 18.0 Å². The number of oxazole rings is 1. The van der Waals surface area contributed by atoms with Crippen molar-refractivity contribution in [3.63, 3.8) is 0 Å². The lowest BCUT2D eigenvalue weighted by atomic mass is 9.92. The third-order valence-electron chi connectivity index (χ3n) is 2.92. The van der Waals surface area contributed by atoms with Crippen molar-refractivity contribution in [1.29, 1.82) is 0 Å². The summed E-state index contributed by atoms with van der Waals surface area (Å²) in [5.74, 6) is -0.409. The summed E-state index contributed by atoms with van der Waals surface area (Å²) in [4.78, 5) is 15.9. The molecule has 2 rings (SSSR count). The molecule has 0 radical (unpaired) electrons. The maximum Gasteiger partial charge on any atom is 0.376 e. The SMILES string of the molecule is CCOC(=O)c1ocnc1-c1cc(C(C)(C)C)nn1C. The zero-order valence-corrected chi connectivity index (χ0v) is 12.4. The van der Waals surface area contributed by atoms with E-state index in [2.05, 4.69) is 30.9 Å². The number of hydrogen-bond donors (Lipinski definition) is 0. The van der Waals surface area contributed by atoms with Crippen LogP contribution in [0.5, 0.6) is 0 Å². The van der Waals surface area contributed by atoms with E-state index >= 15 is 0 Å². The fourth-order valence-corrected chi connectivity index (χ4v) is 1.83. The van der Waals surface area contributed by atoms with Gasteiger partial charge < -0.3 is 9.15 Å². The Labute approximate surface area is 117 Å². The van der Waals surface area contributed by atoms with Gasteiger partial charge in [0.1, 0.15) is 5.69 Å². The van der Waals surface area contributed by atoms with Gasteiger partial charge in [-0.1, -0.05) is 20.8 Å². The van der Waals surface area contributed by atoms with Crippen LogP contribution < -0.4 is 0 Å². The molecule has 0 aliphatic carbocycles. The molecule has 2 aromatic heterocycles. The minimum Gasteiger partial charge on any atom is -0.460 e. The van der Waals surface area contributed by atoms with Crippen molar-refractivity contribution in [3.05, 3.63) is 23.9 Å². The van der Waals surface area contributed by atoms with E-state index in [1.165, 1.54) is 6.39 Å². The molecular weight excluding hydrogens is 258 g/mol. The topological polar surface area (TPSA) is 70.2 Å². The van der Waals surface area contributed by atoms with E-state index in [0.717, 1.165) is 11.4 Å². The number of aromatic nitrogens is 3. The van der Waals surface area contributed by atoms with Crippen LogP contribution >= 0.6 is 0 Å². The maximum absolute atomic E-state index is 11.8. The van der Waals surface area contributed by atoms with Crippen LogP contribution in [0.15, 0.2) is 16.9 Å². The number of esters is 1. The smallest absolute Gasteiger partial charge is 0.376 e. The average Bonchev–Trinajstić information content (AvgIpc) is 2.94. The lowest BCUT2D eigenvalue weighted by Crippen LogP contribution is -2.12. The zero-order valence-electron chi connectivity index (χ0n) is 12.4. The second kappa shape index (κ2) is 5.11. The van der Waals surface area contributed by atoms with Crippen molar-refractivity contribution in [2.75, 3.05) is 6.61 Å². The number of rotatable bonds is 3. The molecule has 6 nitrogen and oxygen atoms in total. The minimum atomic E-state index is -0.515. The van der Waals surface area contributed by atoms with Crippen LogP contribution in [0.4, 0.5) is 0 Å². The van der Waals surface area contributed by atoms with E-state index in [-0.39, 0.29) is 17.8 Å². The lowest BCUT2D eigenvalue weighted by molar-refractivity contribution is 0.0491. The quantitative estimate of drug-likeness (QED) is 0.806. The molecule has 2 aromatic rings. The Bertz CT molecular complexity index is 620. The average molecular weight is 277 g/mol. The Morgan fingerprint density at radius 1 is 1.45 bits per heavy atom. The summed E-state index contributed by atoms with van der Waals surface area (Å²) in [6.07, 6.45) is 1.24. The van der Waals surface area contributed by atoms with Gasteiger partial charge in [0.2, 0.25) is 5.76 Å². The van der Waals surface area contributed by atoms with Gasteiger partial charge in [0.15, 0.2) is 6.39 Å². The highest BCUT2D eigenvalue weighted by atomic mass is 16.5. The second-order valence-corrected chi connectivity index (χ2v) is 5.54. The van der Waals surface area contributed by atoms with Crippen LogP contribution in [0.2, 0.25) is 0 Å². The predicted molar refractivity (Wildman–Crippen MR) is 73.4 cm³/mol. The Morgan fingerprint density at radius 2 is 2.15 bits per heavy atom. The highest BCUT2D eigenvalue weighted by Crippen LogP contribution is 2.28. The zero-order chi connectivity index (χ0) is 14.9. The van der Waals surface area contributed by atoms with Crippen LogP contribution in [-0.2, 0) is 17.2 Å². The van der Waals surface area contributed by atoms with Gasteiger partial charge >= 0.3 is 5.97 Å². The highest BCUT2D eigenvalue weighted by Gasteiger charge is 2.25. The Kier molecular flexibility index (Phi) is 3.65. The largest absolute Gasteiger partial charge is 0.460 e. The van der Waals surface area contributed by atoms with Gasteiger partial charge in [-0.3, -0.25) is 4.68 Å². The van der Waals surface area contributed by atoms with Crippen molar-refractivity contribution in [2.45, 2.75) is 33.1 Å². The molecule has 0 saturated carbocycles. The molecule has 0 bridgehead atoms. The molecule has 2 heterocycles. The van der Waals surface area contributed by atoms with Gasteiger partial charge in [0, 0.05) is 12.5 Å². The normalized spacial score (nSPS) is 11.7. The van der Waals surface area contributed by atoms with Gasteiger partial charge in [0.25, 0.3) is 0 Å². The first-order valence-corrected chi connectivity index (χ1v) is 6.50. The van der Waals surface area contributed by atoms with Crippen molar-refractivity contribution in [2.24, 2.45) is 7.05 Å². The fraction of sp³-hybridized carbons (Fsp3) is 0.500. The van der Waals surface area contributed by atoms with Gasteiger partial charge in [-0.15, -0.1) is 0 Å². The van der Waals surface area contributed by atoms with Crippen molar-refractivity contribution in [3.8, 4) is 11.4 Å². The number of nitrogens with zero attached hydrogens (tertiary/aromatic N) is 3. The molecule has 108 valence electrons. The number of carbonyl (C=O) groups is 1. The molecule has 0 unspecified atom stereocenters. The van der Waals surface area contributed by atoms with Gasteiger partial charge in [-0.05, 0) is 13.0 Å². The van der Waals surface area contributed by atoms with E-state index in [1.807, 2.05) is 13.1 Å². The van der Waals surface area contributed by atoms with E-state index in [4.69, 9.17) is 9.15 Å². The molecule has 0 aromatic carbocycles. The molecule has 0 aliphatic rings. The third kappa shape index (κ3) is 2.59. The summed E-state index contributed by atoms with van der Waals surface area (Å²) in [5.41, 5.74) is 2.03. The van der Waals surface area contributed by atoms with Crippen LogP contribution in [0.3, 0.4) is 0 Å². The summed E-state index contributed by atoms with van der Waals surface area (Å²) in [5, 5.41) is 4.47.